The molecule has 0 saturated carbocycles. The van der Waals surface area contributed by atoms with Crippen molar-refractivity contribution in [1.82, 2.24) is 5.43 Å². The van der Waals surface area contributed by atoms with Gasteiger partial charge >= 0.3 is 5.97 Å². The van der Waals surface area contributed by atoms with Gasteiger partial charge in [0, 0.05) is 11.9 Å². The quantitative estimate of drug-likeness (QED) is 0.855. The summed E-state index contributed by atoms with van der Waals surface area (Å²) in [4.78, 5) is 11.9. The van der Waals surface area contributed by atoms with Gasteiger partial charge in [0.1, 0.15) is 5.75 Å². The number of esters is 1. The van der Waals surface area contributed by atoms with E-state index in [4.69, 9.17) is 9.47 Å². The Balaban J connectivity index is 2.31. The zero-order valence-electron chi connectivity index (χ0n) is 11.8. The van der Waals surface area contributed by atoms with E-state index in [1.165, 1.54) is 7.11 Å². The van der Waals surface area contributed by atoms with E-state index in [-0.39, 0.29) is 11.9 Å². The van der Waals surface area contributed by atoms with Crippen LogP contribution in [-0.2, 0) is 9.53 Å². The number of benzene rings is 1. The predicted molar refractivity (Wildman–Crippen MR) is 76.7 cm³/mol. The zero-order valence-corrected chi connectivity index (χ0v) is 11.8. The summed E-state index contributed by atoms with van der Waals surface area (Å²) in [7, 11) is 1.38. The normalized spacial score (nSPS) is 17.6. The molecule has 1 heterocycles. The van der Waals surface area contributed by atoms with Crippen LogP contribution in [0.15, 0.2) is 40.6 Å². The number of nitrogens with zero attached hydrogens (tertiary/aromatic N) is 1. The second-order valence-corrected chi connectivity index (χ2v) is 4.40. The highest BCUT2D eigenvalue weighted by atomic mass is 16.5. The van der Waals surface area contributed by atoms with E-state index in [0.29, 0.717) is 17.9 Å². The SMILES string of the molecule is CCOc1ccc(C2C=NNC(C)=C2C(=O)OC)cc1. The number of rotatable bonds is 4. The summed E-state index contributed by atoms with van der Waals surface area (Å²) < 4.78 is 10.3. The van der Waals surface area contributed by atoms with Gasteiger partial charge in [-0.15, -0.1) is 0 Å². The molecule has 0 aliphatic carbocycles. The lowest BCUT2D eigenvalue weighted by molar-refractivity contribution is -0.136. The molecule has 1 aromatic carbocycles. The number of ether oxygens (including phenoxy) is 2. The van der Waals surface area contributed by atoms with Crippen LogP contribution in [0.1, 0.15) is 25.3 Å². The molecule has 0 bridgehead atoms. The first-order valence-corrected chi connectivity index (χ1v) is 6.48. The molecule has 0 saturated heterocycles. The average Bonchev–Trinajstić information content (AvgIpc) is 2.47. The summed E-state index contributed by atoms with van der Waals surface area (Å²) in [5, 5.41) is 4.07. The molecule has 20 heavy (non-hydrogen) atoms. The van der Waals surface area contributed by atoms with E-state index < -0.39 is 0 Å². The number of allylic oxidation sites excluding steroid dienone is 1. The van der Waals surface area contributed by atoms with Gasteiger partial charge in [0.15, 0.2) is 0 Å². The van der Waals surface area contributed by atoms with Crippen molar-refractivity contribution in [3.05, 3.63) is 41.1 Å². The molecule has 1 N–H and O–H groups in total. The zero-order chi connectivity index (χ0) is 14.5. The molecule has 2 rings (SSSR count). The van der Waals surface area contributed by atoms with Crippen molar-refractivity contribution in [3.8, 4) is 5.75 Å². The van der Waals surface area contributed by atoms with Crippen LogP contribution in [0.3, 0.4) is 0 Å². The van der Waals surface area contributed by atoms with Crippen molar-refractivity contribution < 1.29 is 14.3 Å². The number of hydrogen-bond donors (Lipinski definition) is 1. The van der Waals surface area contributed by atoms with E-state index in [0.717, 1.165) is 11.3 Å². The second-order valence-electron chi connectivity index (χ2n) is 4.40. The fraction of sp³-hybridized carbons (Fsp3) is 0.333. The maximum absolute atomic E-state index is 11.9. The Hall–Kier alpha value is -2.30. The number of carbonyl (C=O) groups excluding carboxylic acids is 1. The number of nitrogens with one attached hydrogen (secondary N) is 1. The number of hydrazone groups is 1. The van der Waals surface area contributed by atoms with Gasteiger partial charge in [-0.2, -0.15) is 5.10 Å². The smallest absolute Gasteiger partial charge is 0.336 e. The molecule has 5 heteroatoms. The maximum atomic E-state index is 11.9. The molecule has 1 aromatic rings. The third-order valence-electron chi connectivity index (χ3n) is 3.13. The van der Waals surface area contributed by atoms with E-state index in [9.17, 15) is 4.79 Å². The number of carbonyl (C=O) groups is 1. The molecular weight excluding hydrogens is 256 g/mol. The summed E-state index contributed by atoms with van der Waals surface area (Å²) >= 11 is 0. The molecule has 0 fully saturated rings. The van der Waals surface area contributed by atoms with Gasteiger partial charge in [0.2, 0.25) is 0 Å². The van der Waals surface area contributed by atoms with Crippen LogP contribution in [0.2, 0.25) is 0 Å². The van der Waals surface area contributed by atoms with E-state index in [2.05, 4.69) is 10.5 Å². The average molecular weight is 274 g/mol. The fourth-order valence-corrected chi connectivity index (χ4v) is 2.16. The highest BCUT2D eigenvalue weighted by Crippen LogP contribution is 2.29. The summed E-state index contributed by atoms with van der Waals surface area (Å²) in [5.41, 5.74) is 5.06. The maximum Gasteiger partial charge on any atom is 0.336 e. The standard InChI is InChI=1S/C15H18N2O3/c1-4-20-12-7-5-11(6-8-12)13-9-16-17-10(2)14(13)15(18)19-3/h5-9,13,17H,4H2,1-3H3. The predicted octanol–water partition coefficient (Wildman–Crippen LogP) is 2.20. The topological polar surface area (TPSA) is 59.9 Å². The highest BCUT2D eigenvalue weighted by molar-refractivity contribution is 5.97. The lowest BCUT2D eigenvalue weighted by atomic mass is 9.90. The van der Waals surface area contributed by atoms with Gasteiger partial charge < -0.3 is 9.47 Å². The van der Waals surface area contributed by atoms with Gasteiger partial charge in [-0.1, -0.05) is 12.1 Å². The monoisotopic (exact) mass is 274 g/mol. The van der Waals surface area contributed by atoms with E-state index in [1.54, 1.807) is 6.21 Å². The van der Waals surface area contributed by atoms with Crippen molar-refractivity contribution in [2.24, 2.45) is 5.10 Å². The molecule has 0 amide bonds. The van der Waals surface area contributed by atoms with Crippen LogP contribution in [0.5, 0.6) is 5.75 Å². The molecule has 0 radical (unpaired) electrons. The summed E-state index contributed by atoms with van der Waals surface area (Å²) in [5.74, 6) is 0.252. The van der Waals surface area contributed by atoms with Crippen LogP contribution in [0.4, 0.5) is 0 Å². The molecule has 1 unspecified atom stereocenters. The summed E-state index contributed by atoms with van der Waals surface area (Å²) in [6.07, 6.45) is 1.70. The van der Waals surface area contributed by atoms with Crippen molar-refractivity contribution in [2.75, 3.05) is 13.7 Å². The Labute approximate surface area is 118 Å². The van der Waals surface area contributed by atoms with Crippen LogP contribution in [0, 0.1) is 0 Å². The molecular formula is C15H18N2O3. The highest BCUT2D eigenvalue weighted by Gasteiger charge is 2.27. The fourth-order valence-electron chi connectivity index (χ4n) is 2.16. The minimum Gasteiger partial charge on any atom is -0.494 e. The molecule has 0 aromatic heterocycles. The first-order valence-electron chi connectivity index (χ1n) is 6.48. The number of hydrogen-bond acceptors (Lipinski definition) is 5. The van der Waals surface area contributed by atoms with E-state index >= 15 is 0 Å². The largest absolute Gasteiger partial charge is 0.494 e. The molecule has 106 valence electrons. The Morgan fingerprint density at radius 1 is 1.35 bits per heavy atom. The van der Waals surface area contributed by atoms with Gasteiger partial charge in [0.05, 0.1) is 25.2 Å². The van der Waals surface area contributed by atoms with Gasteiger partial charge in [-0.25, -0.2) is 4.79 Å². The third-order valence-corrected chi connectivity index (χ3v) is 3.13. The second kappa shape index (κ2) is 6.23. The van der Waals surface area contributed by atoms with Crippen molar-refractivity contribution >= 4 is 12.2 Å². The van der Waals surface area contributed by atoms with Crippen molar-refractivity contribution in [2.45, 2.75) is 19.8 Å². The lowest BCUT2D eigenvalue weighted by Gasteiger charge is -2.21. The molecule has 1 aliphatic heterocycles. The van der Waals surface area contributed by atoms with Gasteiger partial charge in [-0.3, -0.25) is 5.43 Å². The minimum atomic E-state index is -0.347. The Morgan fingerprint density at radius 2 is 2.05 bits per heavy atom. The van der Waals surface area contributed by atoms with Gasteiger partial charge in [-0.05, 0) is 31.5 Å². The molecule has 5 nitrogen and oxygen atoms in total. The Kier molecular flexibility index (Phi) is 4.40. The van der Waals surface area contributed by atoms with Crippen LogP contribution in [-0.4, -0.2) is 25.9 Å². The third kappa shape index (κ3) is 2.82. The summed E-state index contributed by atoms with van der Waals surface area (Å²) in [6, 6.07) is 7.64. The minimum absolute atomic E-state index is 0.209. The summed E-state index contributed by atoms with van der Waals surface area (Å²) in [6.45, 7) is 4.37. The molecule has 1 atom stereocenters. The van der Waals surface area contributed by atoms with Gasteiger partial charge in [0.25, 0.3) is 0 Å². The Bertz CT molecular complexity index is 547. The van der Waals surface area contributed by atoms with Crippen LogP contribution in [0.25, 0.3) is 0 Å². The molecule has 1 aliphatic rings. The Morgan fingerprint density at radius 3 is 2.65 bits per heavy atom. The first kappa shape index (κ1) is 14.1. The van der Waals surface area contributed by atoms with E-state index in [1.807, 2.05) is 38.1 Å². The van der Waals surface area contributed by atoms with Crippen LogP contribution >= 0.6 is 0 Å². The molecule has 0 spiro atoms. The number of methoxy groups -OCH3 is 1. The van der Waals surface area contributed by atoms with Crippen molar-refractivity contribution in [1.29, 1.82) is 0 Å². The van der Waals surface area contributed by atoms with Crippen molar-refractivity contribution in [3.63, 3.8) is 0 Å². The van der Waals surface area contributed by atoms with Crippen LogP contribution < -0.4 is 10.2 Å². The first-order chi connectivity index (χ1) is 9.67. The lowest BCUT2D eigenvalue weighted by Crippen LogP contribution is -2.24.